The molecule has 0 atom stereocenters. The van der Waals surface area contributed by atoms with Crippen molar-refractivity contribution in [1.29, 1.82) is 0 Å². The number of amides is 1. The molecular weight excluding hydrogens is 314 g/mol. The number of anilines is 1. The smallest absolute Gasteiger partial charge is 0.270 e. The summed E-state index contributed by atoms with van der Waals surface area (Å²) in [6.07, 6.45) is 0. The van der Waals surface area contributed by atoms with Crippen LogP contribution in [-0.4, -0.2) is 37.2 Å². The third kappa shape index (κ3) is 4.00. The number of carbonyl (C=O) groups is 1. The van der Waals surface area contributed by atoms with Crippen LogP contribution in [0.15, 0.2) is 42.5 Å². The molecule has 0 bridgehead atoms. The number of nitrogens with one attached hydrogen (secondary N) is 1. The molecule has 2 aromatic rings. The molecule has 1 aromatic carbocycles. The Morgan fingerprint density at radius 2 is 1.96 bits per heavy atom. The largest absolute Gasteiger partial charge is 0.378 e. The lowest BCUT2D eigenvalue weighted by atomic mass is 10.2. The van der Waals surface area contributed by atoms with E-state index in [9.17, 15) is 4.79 Å². The summed E-state index contributed by atoms with van der Waals surface area (Å²) in [5.74, 6) is 0.596. The summed E-state index contributed by atoms with van der Waals surface area (Å²) >= 11 is 6.10. The van der Waals surface area contributed by atoms with Crippen LogP contribution in [0.3, 0.4) is 0 Å². The number of morpholine rings is 1. The lowest BCUT2D eigenvalue weighted by Gasteiger charge is -2.27. The molecule has 5 nitrogen and oxygen atoms in total. The quantitative estimate of drug-likeness (QED) is 0.935. The van der Waals surface area contributed by atoms with Crippen LogP contribution in [0.2, 0.25) is 5.02 Å². The summed E-state index contributed by atoms with van der Waals surface area (Å²) in [6.45, 7) is 3.33. The second-order valence-corrected chi connectivity index (χ2v) is 5.66. The zero-order chi connectivity index (χ0) is 16.1. The van der Waals surface area contributed by atoms with E-state index in [1.807, 2.05) is 30.3 Å². The molecular formula is C17H18ClN3O2. The average molecular weight is 332 g/mol. The summed E-state index contributed by atoms with van der Waals surface area (Å²) < 4.78 is 5.34. The molecule has 1 aliphatic heterocycles. The van der Waals surface area contributed by atoms with Crippen molar-refractivity contribution >= 4 is 23.3 Å². The van der Waals surface area contributed by atoms with Gasteiger partial charge in [-0.25, -0.2) is 4.98 Å². The highest BCUT2D eigenvalue weighted by molar-refractivity contribution is 6.31. The number of benzene rings is 1. The molecule has 23 heavy (non-hydrogen) atoms. The first-order valence-corrected chi connectivity index (χ1v) is 7.93. The highest BCUT2D eigenvalue weighted by atomic mass is 35.5. The Kier molecular flexibility index (Phi) is 5.10. The van der Waals surface area contributed by atoms with Gasteiger partial charge in [-0.2, -0.15) is 0 Å². The zero-order valence-electron chi connectivity index (χ0n) is 12.7. The Morgan fingerprint density at radius 3 is 2.74 bits per heavy atom. The van der Waals surface area contributed by atoms with Gasteiger partial charge < -0.3 is 15.0 Å². The average Bonchev–Trinajstić information content (AvgIpc) is 2.62. The van der Waals surface area contributed by atoms with Crippen molar-refractivity contribution in [2.75, 3.05) is 31.2 Å². The van der Waals surface area contributed by atoms with E-state index < -0.39 is 0 Å². The first-order chi connectivity index (χ1) is 11.2. The molecule has 0 saturated carbocycles. The van der Waals surface area contributed by atoms with Gasteiger partial charge in [0.2, 0.25) is 0 Å². The van der Waals surface area contributed by atoms with Gasteiger partial charge in [0.1, 0.15) is 11.5 Å². The number of carbonyl (C=O) groups excluding carboxylic acids is 1. The molecule has 0 spiro atoms. The fraction of sp³-hybridized carbons (Fsp3) is 0.294. The van der Waals surface area contributed by atoms with E-state index >= 15 is 0 Å². The van der Waals surface area contributed by atoms with Crippen molar-refractivity contribution in [1.82, 2.24) is 10.3 Å². The molecule has 1 amide bonds. The normalized spacial score (nSPS) is 14.6. The fourth-order valence-electron chi connectivity index (χ4n) is 2.43. The summed E-state index contributed by atoms with van der Waals surface area (Å²) in [4.78, 5) is 18.9. The van der Waals surface area contributed by atoms with Crippen LogP contribution in [-0.2, 0) is 11.3 Å². The van der Waals surface area contributed by atoms with Crippen LogP contribution >= 0.6 is 11.6 Å². The number of ether oxygens (including phenoxy) is 1. The van der Waals surface area contributed by atoms with Gasteiger partial charge in [-0.15, -0.1) is 0 Å². The van der Waals surface area contributed by atoms with Gasteiger partial charge in [-0.05, 0) is 23.8 Å². The molecule has 6 heteroatoms. The first-order valence-electron chi connectivity index (χ1n) is 7.55. The van der Waals surface area contributed by atoms with Crippen LogP contribution in [0.25, 0.3) is 0 Å². The third-order valence-electron chi connectivity index (χ3n) is 3.70. The van der Waals surface area contributed by atoms with Gasteiger partial charge in [-0.3, -0.25) is 4.79 Å². The second kappa shape index (κ2) is 7.44. The Bertz CT molecular complexity index is 687. The van der Waals surface area contributed by atoms with Crippen molar-refractivity contribution in [3.05, 3.63) is 58.7 Å². The molecule has 0 radical (unpaired) electrons. The summed E-state index contributed by atoms with van der Waals surface area (Å²) in [5.41, 5.74) is 1.29. The molecule has 2 heterocycles. The minimum atomic E-state index is -0.208. The molecule has 1 aliphatic rings. The van der Waals surface area contributed by atoms with Crippen molar-refractivity contribution < 1.29 is 9.53 Å². The summed E-state index contributed by atoms with van der Waals surface area (Å²) in [6, 6.07) is 12.9. The van der Waals surface area contributed by atoms with Gasteiger partial charge in [0.15, 0.2) is 0 Å². The standard InChI is InChI=1S/C17H18ClN3O2/c18-14-5-2-1-4-13(14)12-19-17(22)15-6-3-7-16(20-15)21-8-10-23-11-9-21/h1-7H,8-12H2,(H,19,22). The van der Waals surface area contributed by atoms with E-state index in [0.29, 0.717) is 30.5 Å². The lowest BCUT2D eigenvalue weighted by Crippen LogP contribution is -2.37. The molecule has 120 valence electrons. The Hall–Kier alpha value is -2.11. The maximum Gasteiger partial charge on any atom is 0.270 e. The van der Waals surface area contributed by atoms with Crippen molar-refractivity contribution in [2.45, 2.75) is 6.54 Å². The van der Waals surface area contributed by atoms with Crippen LogP contribution in [0.1, 0.15) is 16.1 Å². The maximum absolute atomic E-state index is 12.3. The van der Waals surface area contributed by atoms with Crippen molar-refractivity contribution in [2.24, 2.45) is 0 Å². The third-order valence-corrected chi connectivity index (χ3v) is 4.07. The number of pyridine rings is 1. The van der Waals surface area contributed by atoms with E-state index in [1.54, 1.807) is 12.1 Å². The van der Waals surface area contributed by atoms with E-state index in [0.717, 1.165) is 24.5 Å². The highest BCUT2D eigenvalue weighted by Crippen LogP contribution is 2.15. The molecule has 1 aromatic heterocycles. The number of halogens is 1. The Labute approximate surface area is 140 Å². The van der Waals surface area contributed by atoms with Crippen LogP contribution in [0.5, 0.6) is 0 Å². The second-order valence-electron chi connectivity index (χ2n) is 5.25. The summed E-state index contributed by atoms with van der Waals surface area (Å²) in [7, 11) is 0. The topological polar surface area (TPSA) is 54.5 Å². The van der Waals surface area contributed by atoms with Gasteiger partial charge in [0.05, 0.1) is 13.2 Å². The first kappa shape index (κ1) is 15.8. The fourth-order valence-corrected chi connectivity index (χ4v) is 2.63. The van der Waals surface area contributed by atoms with E-state index in [1.165, 1.54) is 0 Å². The van der Waals surface area contributed by atoms with Gasteiger partial charge in [-0.1, -0.05) is 35.9 Å². The SMILES string of the molecule is O=C(NCc1ccccc1Cl)c1cccc(N2CCOCC2)n1. The van der Waals surface area contributed by atoms with Gasteiger partial charge in [0, 0.05) is 24.7 Å². The van der Waals surface area contributed by atoms with E-state index in [2.05, 4.69) is 15.2 Å². The monoisotopic (exact) mass is 331 g/mol. The highest BCUT2D eigenvalue weighted by Gasteiger charge is 2.15. The number of nitrogens with zero attached hydrogens (tertiary/aromatic N) is 2. The number of hydrogen-bond donors (Lipinski definition) is 1. The lowest BCUT2D eigenvalue weighted by molar-refractivity contribution is 0.0946. The molecule has 1 N–H and O–H groups in total. The predicted molar refractivity (Wildman–Crippen MR) is 89.9 cm³/mol. The van der Waals surface area contributed by atoms with E-state index in [-0.39, 0.29) is 5.91 Å². The van der Waals surface area contributed by atoms with E-state index in [4.69, 9.17) is 16.3 Å². The van der Waals surface area contributed by atoms with Crippen LogP contribution < -0.4 is 10.2 Å². The summed E-state index contributed by atoms with van der Waals surface area (Å²) in [5, 5.41) is 3.50. The number of aromatic nitrogens is 1. The predicted octanol–water partition coefficient (Wildman–Crippen LogP) is 2.50. The minimum Gasteiger partial charge on any atom is -0.378 e. The molecule has 1 saturated heterocycles. The molecule has 0 aliphatic carbocycles. The van der Waals surface area contributed by atoms with Gasteiger partial charge >= 0.3 is 0 Å². The van der Waals surface area contributed by atoms with Crippen molar-refractivity contribution in [3.63, 3.8) is 0 Å². The molecule has 0 unspecified atom stereocenters. The number of rotatable bonds is 4. The Balaban J connectivity index is 1.66. The van der Waals surface area contributed by atoms with Crippen LogP contribution in [0.4, 0.5) is 5.82 Å². The zero-order valence-corrected chi connectivity index (χ0v) is 13.4. The molecule has 1 fully saturated rings. The molecule has 3 rings (SSSR count). The van der Waals surface area contributed by atoms with Gasteiger partial charge in [0.25, 0.3) is 5.91 Å². The van der Waals surface area contributed by atoms with Crippen LogP contribution in [0, 0.1) is 0 Å². The van der Waals surface area contributed by atoms with Crippen molar-refractivity contribution in [3.8, 4) is 0 Å². The maximum atomic E-state index is 12.3. The minimum absolute atomic E-state index is 0.208. The number of hydrogen-bond acceptors (Lipinski definition) is 4. The Morgan fingerprint density at radius 1 is 1.17 bits per heavy atom.